The van der Waals surface area contributed by atoms with E-state index < -0.39 is 14.6 Å². The van der Waals surface area contributed by atoms with E-state index in [1.165, 1.54) is 6.26 Å². The molecular weight excluding hydrogens is 430 g/mol. The minimum atomic E-state index is -3.40. The lowest BCUT2D eigenvalue weighted by atomic mass is 9.76. The number of H-pyrrole nitrogens is 1. The summed E-state index contributed by atoms with van der Waals surface area (Å²) in [5.41, 5.74) is 2.89. The predicted molar refractivity (Wildman–Crippen MR) is 120 cm³/mol. The molecule has 7 rings (SSSR count). The summed E-state index contributed by atoms with van der Waals surface area (Å²) in [6, 6.07) is 3.97. The van der Waals surface area contributed by atoms with Crippen molar-refractivity contribution < 1.29 is 17.9 Å². The highest BCUT2D eigenvalue weighted by molar-refractivity contribution is 7.91. The Hall–Kier alpha value is -2.72. The molecular formula is C22H25N5O4S. The topological polar surface area (TPSA) is 110 Å². The maximum atomic E-state index is 13.0. The van der Waals surface area contributed by atoms with Gasteiger partial charge >= 0.3 is 0 Å². The third kappa shape index (κ3) is 2.72. The average molecular weight is 456 g/mol. The third-order valence-corrected chi connectivity index (χ3v) is 8.87. The summed E-state index contributed by atoms with van der Waals surface area (Å²) in [5.74, 6) is 1.65. The van der Waals surface area contributed by atoms with Crippen molar-refractivity contribution in [2.24, 2.45) is 0 Å². The summed E-state index contributed by atoms with van der Waals surface area (Å²) in [7, 11) is -3.40. The molecule has 10 heteroatoms. The van der Waals surface area contributed by atoms with Gasteiger partial charge in [0.1, 0.15) is 22.2 Å². The van der Waals surface area contributed by atoms with Crippen molar-refractivity contribution in [2.45, 2.75) is 43.6 Å². The number of hydrogen-bond donors (Lipinski definition) is 1. The maximum Gasteiger partial charge on any atom is 0.185 e. The number of ether oxygens (including phenoxy) is 2. The first-order valence-corrected chi connectivity index (χ1v) is 12.7. The monoisotopic (exact) mass is 455 g/mol. The smallest absolute Gasteiger partial charge is 0.185 e. The van der Waals surface area contributed by atoms with Crippen molar-refractivity contribution >= 4 is 26.7 Å². The molecule has 168 valence electrons. The van der Waals surface area contributed by atoms with Crippen LogP contribution in [0, 0.1) is 6.92 Å². The van der Waals surface area contributed by atoms with Crippen LogP contribution in [0.4, 0.5) is 5.82 Å². The fourth-order valence-corrected chi connectivity index (χ4v) is 6.63. The SMILES string of the molecule is Cc1cc(-c2nc(N3CCOC[C@H]3C)c3c(n2)C2(S(C)(=O)=O)CC(C2)O3)c2cc[nH]c2n1. The highest BCUT2D eigenvalue weighted by Crippen LogP contribution is 2.58. The van der Waals surface area contributed by atoms with E-state index in [-0.39, 0.29) is 12.1 Å². The first-order valence-electron chi connectivity index (χ1n) is 10.8. The zero-order valence-corrected chi connectivity index (χ0v) is 19.1. The summed E-state index contributed by atoms with van der Waals surface area (Å²) in [6.07, 6.45) is 3.88. The van der Waals surface area contributed by atoms with Gasteiger partial charge < -0.3 is 19.4 Å². The molecule has 3 aromatic heterocycles. The standard InChI is InChI=1S/C22H25N5O4S/c1-12-8-16(15-4-5-23-19(15)24-12)20-25-18-17(21(26-20)27-6-7-30-11-13(27)2)31-14-9-22(18,10-14)32(3,28)29/h4-5,8,13-14H,6-7,9-11H2,1-3H3,(H,23,24)/t13-,14?,22?/m1/s1. The number of nitrogens with zero attached hydrogens (tertiary/aromatic N) is 4. The van der Waals surface area contributed by atoms with Crippen molar-refractivity contribution in [3.05, 3.63) is 29.7 Å². The van der Waals surface area contributed by atoms with Gasteiger partial charge in [0.2, 0.25) is 0 Å². The highest BCUT2D eigenvalue weighted by Gasteiger charge is 2.61. The van der Waals surface area contributed by atoms with E-state index >= 15 is 0 Å². The van der Waals surface area contributed by atoms with E-state index in [2.05, 4.69) is 21.8 Å². The van der Waals surface area contributed by atoms with Crippen LogP contribution in [0.25, 0.3) is 22.4 Å². The molecule has 1 aliphatic carbocycles. The van der Waals surface area contributed by atoms with E-state index in [1.807, 2.05) is 25.3 Å². The summed E-state index contributed by atoms with van der Waals surface area (Å²) in [6.45, 7) is 5.80. The Morgan fingerprint density at radius 1 is 1.25 bits per heavy atom. The minimum absolute atomic E-state index is 0.0816. The molecule has 3 aliphatic heterocycles. The van der Waals surface area contributed by atoms with Crippen molar-refractivity contribution in [1.82, 2.24) is 19.9 Å². The number of fused-ring (bicyclic) bond motifs is 1. The highest BCUT2D eigenvalue weighted by atomic mass is 32.2. The van der Waals surface area contributed by atoms with Gasteiger partial charge in [0.05, 0.1) is 19.3 Å². The number of rotatable bonds is 3. The molecule has 0 aromatic carbocycles. The van der Waals surface area contributed by atoms with Crippen molar-refractivity contribution in [2.75, 3.05) is 30.9 Å². The third-order valence-electron chi connectivity index (χ3n) is 6.93. The van der Waals surface area contributed by atoms with Gasteiger partial charge in [-0.25, -0.2) is 23.4 Å². The number of morpholine rings is 1. The number of sulfone groups is 1. The molecule has 4 aliphatic rings. The van der Waals surface area contributed by atoms with E-state index in [4.69, 9.17) is 19.4 Å². The van der Waals surface area contributed by atoms with Gasteiger partial charge in [-0.3, -0.25) is 0 Å². The minimum Gasteiger partial charge on any atom is -0.484 e. The molecule has 2 bridgehead atoms. The molecule has 0 spiro atoms. The molecule has 0 radical (unpaired) electrons. The van der Waals surface area contributed by atoms with Crippen molar-refractivity contribution in [1.29, 1.82) is 0 Å². The van der Waals surface area contributed by atoms with E-state index in [1.54, 1.807) is 0 Å². The lowest BCUT2D eigenvalue weighted by molar-refractivity contribution is 0.0435. The van der Waals surface area contributed by atoms with E-state index in [9.17, 15) is 8.42 Å². The molecule has 0 amide bonds. The number of hydrogen-bond acceptors (Lipinski definition) is 8. The molecule has 6 heterocycles. The Labute approximate surface area is 186 Å². The van der Waals surface area contributed by atoms with Gasteiger partial charge in [0, 0.05) is 48.5 Å². The summed E-state index contributed by atoms with van der Waals surface area (Å²) < 4.78 is 36.8. The molecule has 0 unspecified atom stereocenters. The van der Waals surface area contributed by atoms with Crippen LogP contribution in [0.15, 0.2) is 18.3 Å². The Kier molecular flexibility index (Phi) is 4.14. The second kappa shape index (κ2) is 6.64. The Bertz CT molecular complexity index is 1350. The lowest BCUT2D eigenvalue weighted by Crippen LogP contribution is -2.57. The van der Waals surface area contributed by atoms with Crippen LogP contribution in [-0.4, -0.2) is 66.5 Å². The average Bonchev–Trinajstić information content (AvgIpc) is 3.19. The number of pyridine rings is 1. The van der Waals surface area contributed by atoms with Gasteiger partial charge in [0.15, 0.2) is 27.2 Å². The number of aryl methyl sites for hydroxylation is 1. The zero-order chi connectivity index (χ0) is 22.3. The summed E-state index contributed by atoms with van der Waals surface area (Å²) in [4.78, 5) is 19.7. The van der Waals surface area contributed by atoms with Crippen LogP contribution in [0.5, 0.6) is 5.75 Å². The van der Waals surface area contributed by atoms with Crippen LogP contribution >= 0.6 is 0 Å². The molecule has 2 fully saturated rings. The van der Waals surface area contributed by atoms with Crippen LogP contribution in [-0.2, 0) is 19.3 Å². The number of anilines is 1. The largest absolute Gasteiger partial charge is 0.484 e. The van der Waals surface area contributed by atoms with Crippen molar-refractivity contribution in [3.63, 3.8) is 0 Å². The molecule has 3 aromatic rings. The molecule has 1 atom stereocenters. The van der Waals surface area contributed by atoms with Crippen LogP contribution in [0.1, 0.15) is 31.2 Å². The lowest BCUT2D eigenvalue weighted by Gasteiger charge is -2.51. The Morgan fingerprint density at radius 3 is 2.81 bits per heavy atom. The Morgan fingerprint density at radius 2 is 2.06 bits per heavy atom. The molecule has 1 saturated carbocycles. The van der Waals surface area contributed by atoms with Gasteiger partial charge in [0.25, 0.3) is 0 Å². The number of aromatic amines is 1. The maximum absolute atomic E-state index is 13.0. The fraction of sp³-hybridized carbons (Fsp3) is 0.500. The van der Waals surface area contributed by atoms with Gasteiger partial charge in [-0.1, -0.05) is 0 Å². The molecule has 32 heavy (non-hydrogen) atoms. The molecule has 9 nitrogen and oxygen atoms in total. The van der Waals surface area contributed by atoms with Gasteiger partial charge in [-0.15, -0.1) is 0 Å². The van der Waals surface area contributed by atoms with Gasteiger partial charge in [-0.05, 0) is 26.0 Å². The second-order valence-electron chi connectivity index (χ2n) is 9.13. The first-order chi connectivity index (χ1) is 15.3. The van der Waals surface area contributed by atoms with Gasteiger partial charge in [-0.2, -0.15) is 0 Å². The zero-order valence-electron chi connectivity index (χ0n) is 18.3. The number of aromatic nitrogens is 4. The second-order valence-corrected chi connectivity index (χ2v) is 11.5. The summed E-state index contributed by atoms with van der Waals surface area (Å²) >= 11 is 0. The molecule has 1 saturated heterocycles. The van der Waals surface area contributed by atoms with Crippen molar-refractivity contribution in [3.8, 4) is 17.1 Å². The van der Waals surface area contributed by atoms with Crippen LogP contribution < -0.4 is 9.64 Å². The van der Waals surface area contributed by atoms with E-state index in [0.717, 1.165) is 22.3 Å². The summed E-state index contributed by atoms with van der Waals surface area (Å²) in [5, 5.41) is 0.896. The molecule has 1 N–H and O–H groups in total. The Balaban J connectivity index is 1.64. The fourth-order valence-electron chi connectivity index (χ4n) is 5.16. The van der Waals surface area contributed by atoms with Crippen LogP contribution in [0.2, 0.25) is 0 Å². The van der Waals surface area contributed by atoms with E-state index in [0.29, 0.717) is 55.7 Å². The normalized spacial score (nSPS) is 27.0. The van der Waals surface area contributed by atoms with Crippen LogP contribution in [0.3, 0.4) is 0 Å². The first kappa shape index (κ1) is 19.9. The number of nitrogens with one attached hydrogen (secondary N) is 1. The quantitative estimate of drug-likeness (QED) is 0.641. The predicted octanol–water partition coefficient (Wildman–Crippen LogP) is 2.35.